The molecule has 0 N–H and O–H groups in total. The predicted octanol–water partition coefficient (Wildman–Crippen LogP) is 4.44. The van der Waals surface area contributed by atoms with E-state index in [-0.39, 0.29) is 0 Å². The Hall–Kier alpha value is 0.722. The first-order valence-corrected chi connectivity index (χ1v) is 9.30. The zero-order valence-corrected chi connectivity index (χ0v) is 9.97. The van der Waals surface area contributed by atoms with Crippen LogP contribution in [-0.2, 0) is 13.5 Å². The third kappa shape index (κ3) is 7.10. The number of halogens is 2. The summed E-state index contributed by atoms with van der Waals surface area (Å²) in [7, 11) is 12.2. The molecule has 0 atom stereocenters. The summed E-state index contributed by atoms with van der Waals surface area (Å²) in [6.45, 7) is 11.5. The van der Waals surface area contributed by atoms with Gasteiger partial charge < -0.3 is 0 Å². The molecule has 0 amide bonds. The first-order chi connectivity index (χ1) is 4.83. The fourth-order valence-electron chi connectivity index (χ4n) is 0.598. The zero-order valence-electron chi connectivity index (χ0n) is 6.90. The molecule has 70 valence electrons. The molecular weight excluding hydrogens is 273 g/mol. The van der Waals surface area contributed by atoms with Gasteiger partial charge in [0.2, 0.25) is 0 Å². The van der Waals surface area contributed by atoms with Gasteiger partial charge in [0.15, 0.2) is 0 Å². The first-order valence-electron chi connectivity index (χ1n) is 3.10. The molecule has 0 aliphatic rings. The first kappa shape index (κ1) is 11.7. The Morgan fingerprint density at radius 2 is 1.36 bits per heavy atom. The average molecular weight is 288 g/mol. The molecule has 0 unspecified atom stereocenters. The van der Waals surface area contributed by atoms with E-state index < -0.39 is 13.5 Å². The summed E-state index contributed by atoms with van der Waals surface area (Å²) < 4.78 is 0. The maximum atomic E-state index is 6.12. The minimum absolute atomic E-state index is 0.778. The molecule has 0 aliphatic heterocycles. The van der Waals surface area contributed by atoms with E-state index in [1.807, 2.05) is 13.8 Å². The molecule has 3 heteroatoms. The summed E-state index contributed by atoms with van der Waals surface area (Å²) in [5, 5.41) is 0. The Morgan fingerprint density at radius 1 is 1.09 bits per heavy atom. The standard InChI is InChI=1S/2C4H7.2ClH.Pd/c2*1-4(2)3;;;/h2*1-2H2,3H3;2*1H;/q;;;;+2/p-2. The van der Waals surface area contributed by atoms with Crippen molar-refractivity contribution >= 4 is 19.1 Å². The SMILES string of the molecule is C=C(C)[CH2][Pd]([Cl])([Cl])[CH2]C(=C)C. The van der Waals surface area contributed by atoms with Crippen LogP contribution in [0.3, 0.4) is 0 Å². The molecule has 11 heavy (non-hydrogen) atoms. The summed E-state index contributed by atoms with van der Waals surface area (Å²) in [6, 6.07) is 0. The van der Waals surface area contributed by atoms with Gasteiger partial charge >= 0.3 is 80.5 Å². The molecule has 0 radical (unpaired) electrons. The second-order valence-electron chi connectivity index (χ2n) is 2.68. The van der Waals surface area contributed by atoms with Crippen LogP contribution in [0.1, 0.15) is 13.8 Å². The Bertz CT molecular complexity index is 155. The molecule has 0 aromatic rings. The number of allylic oxidation sites excluding steroid dienone is 2. The molecular formula is C8H14Cl2Pd. The summed E-state index contributed by atoms with van der Waals surface area (Å²) >= 11 is -2.19. The number of rotatable bonds is 4. The quantitative estimate of drug-likeness (QED) is 0.530. The molecule has 0 bridgehead atoms. The maximum absolute atomic E-state index is 6.12. The van der Waals surface area contributed by atoms with Crippen LogP contribution in [0.2, 0.25) is 9.79 Å². The van der Waals surface area contributed by atoms with Crippen molar-refractivity contribution in [1.29, 1.82) is 0 Å². The van der Waals surface area contributed by atoms with Crippen LogP contribution in [0, 0.1) is 0 Å². The van der Waals surface area contributed by atoms with Crippen LogP contribution in [0.4, 0.5) is 0 Å². The second kappa shape index (κ2) is 4.68. The van der Waals surface area contributed by atoms with Gasteiger partial charge in [-0.1, -0.05) is 0 Å². The van der Waals surface area contributed by atoms with E-state index in [0.717, 1.165) is 20.9 Å². The van der Waals surface area contributed by atoms with E-state index in [1.165, 1.54) is 0 Å². The number of hydrogen-bond acceptors (Lipinski definition) is 0. The topological polar surface area (TPSA) is 0 Å². The van der Waals surface area contributed by atoms with Crippen molar-refractivity contribution < 1.29 is 13.5 Å². The van der Waals surface area contributed by atoms with Gasteiger partial charge in [-0.2, -0.15) is 0 Å². The van der Waals surface area contributed by atoms with Crippen molar-refractivity contribution in [3.8, 4) is 0 Å². The van der Waals surface area contributed by atoms with E-state index in [0.29, 0.717) is 0 Å². The van der Waals surface area contributed by atoms with Gasteiger partial charge in [-0.25, -0.2) is 0 Å². The van der Waals surface area contributed by atoms with Crippen molar-refractivity contribution in [2.75, 3.05) is 0 Å². The van der Waals surface area contributed by atoms with Crippen molar-refractivity contribution in [1.82, 2.24) is 0 Å². The van der Waals surface area contributed by atoms with Crippen LogP contribution in [0.5, 0.6) is 0 Å². The molecule has 0 nitrogen and oxygen atoms in total. The summed E-state index contributed by atoms with van der Waals surface area (Å²) in [6.07, 6.45) is 0. The molecule has 0 aromatic heterocycles. The molecule has 0 saturated carbocycles. The van der Waals surface area contributed by atoms with E-state index in [4.69, 9.17) is 19.1 Å². The van der Waals surface area contributed by atoms with Gasteiger partial charge in [-0.15, -0.1) is 0 Å². The molecule has 0 aromatic carbocycles. The summed E-state index contributed by atoms with van der Waals surface area (Å²) in [4.78, 5) is 1.56. The Labute approximate surface area is 80.3 Å². The fraction of sp³-hybridized carbons (Fsp3) is 0.500. The molecule has 0 saturated heterocycles. The van der Waals surface area contributed by atoms with E-state index in [1.54, 1.807) is 0 Å². The zero-order chi connectivity index (χ0) is 9.07. The predicted molar refractivity (Wildman–Crippen MR) is 50.9 cm³/mol. The van der Waals surface area contributed by atoms with Gasteiger partial charge in [0, 0.05) is 0 Å². The van der Waals surface area contributed by atoms with Gasteiger partial charge in [-0.05, 0) is 0 Å². The molecule has 0 heterocycles. The van der Waals surface area contributed by atoms with Gasteiger partial charge in [0.05, 0.1) is 0 Å². The minimum atomic E-state index is -2.19. The fourth-order valence-corrected chi connectivity index (χ4v) is 6.95. The van der Waals surface area contributed by atoms with Crippen molar-refractivity contribution in [3.05, 3.63) is 24.3 Å². The Balaban J connectivity index is 3.99. The molecule has 0 fully saturated rings. The van der Waals surface area contributed by atoms with Crippen LogP contribution in [0.25, 0.3) is 0 Å². The number of hydrogen-bond donors (Lipinski definition) is 0. The van der Waals surface area contributed by atoms with Crippen LogP contribution >= 0.6 is 19.1 Å². The van der Waals surface area contributed by atoms with Gasteiger partial charge in [0.1, 0.15) is 0 Å². The summed E-state index contributed by atoms with van der Waals surface area (Å²) in [5.41, 5.74) is 2.13. The van der Waals surface area contributed by atoms with Crippen molar-refractivity contribution in [2.24, 2.45) is 0 Å². The van der Waals surface area contributed by atoms with E-state index in [2.05, 4.69) is 13.2 Å². The van der Waals surface area contributed by atoms with E-state index >= 15 is 0 Å². The normalized spacial score (nSPS) is 12.7. The molecule has 0 rings (SSSR count). The van der Waals surface area contributed by atoms with E-state index in [9.17, 15) is 0 Å². The summed E-state index contributed by atoms with van der Waals surface area (Å²) in [5.74, 6) is 0. The van der Waals surface area contributed by atoms with Crippen LogP contribution in [-0.4, -0.2) is 0 Å². The monoisotopic (exact) mass is 286 g/mol. The van der Waals surface area contributed by atoms with Gasteiger partial charge in [0.25, 0.3) is 0 Å². The van der Waals surface area contributed by atoms with Crippen molar-refractivity contribution in [3.63, 3.8) is 0 Å². The van der Waals surface area contributed by atoms with Crippen LogP contribution in [0.15, 0.2) is 24.3 Å². The average Bonchev–Trinajstić information content (AvgIpc) is 1.53. The second-order valence-corrected chi connectivity index (χ2v) is 12.6. The Morgan fingerprint density at radius 3 is 1.55 bits per heavy atom. The van der Waals surface area contributed by atoms with Crippen molar-refractivity contribution in [2.45, 2.75) is 23.6 Å². The Kier molecular flexibility index (Phi) is 4.98. The molecule has 0 spiro atoms. The molecule has 0 aliphatic carbocycles. The van der Waals surface area contributed by atoms with Gasteiger partial charge in [-0.3, -0.25) is 0 Å². The third-order valence-corrected chi connectivity index (χ3v) is 6.19. The van der Waals surface area contributed by atoms with Crippen LogP contribution < -0.4 is 0 Å². The third-order valence-electron chi connectivity index (χ3n) is 0.709.